The van der Waals surface area contributed by atoms with Gasteiger partial charge in [0, 0.05) is 11.6 Å². The van der Waals surface area contributed by atoms with Crippen molar-refractivity contribution in [3.05, 3.63) is 88.7 Å². The predicted octanol–water partition coefficient (Wildman–Crippen LogP) is 4.78. The van der Waals surface area contributed by atoms with Gasteiger partial charge in [-0.15, -0.1) is 11.8 Å². The number of methoxy groups -OCH3 is 1. The van der Waals surface area contributed by atoms with E-state index in [2.05, 4.69) is 0 Å². The minimum Gasteiger partial charge on any atom is -0.496 e. The number of anilines is 1. The summed E-state index contributed by atoms with van der Waals surface area (Å²) in [6.45, 7) is 0. The Kier molecular flexibility index (Phi) is 5.41. The number of carbonyl (C=O) groups is 2. The van der Waals surface area contributed by atoms with Crippen LogP contribution in [0.1, 0.15) is 11.3 Å². The first kappa shape index (κ1) is 19.9. The molecular weight excluding hydrogens is 412 g/mol. The van der Waals surface area contributed by atoms with Crippen molar-refractivity contribution in [3.8, 4) is 5.75 Å². The Morgan fingerprint density at radius 3 is 2.57 bits per heavy atom. The average Bonchev–Trinajstić information content (AvgIpc) is 3.34. The van der Waals surface area contributed by atoms with Crippen LogP contribution in [0.5, 0.6) is 5.75 Å². The zero-order valence-electron chi connectivity index (χ0n) is 15.7. The lowest BCUT2D eigenvalue weighted by molar-refractivity contribution is -0.119. The Balaban J connectivity index is 1.82. The number of imide groups is 1. The second kappa shape index (κ2) is 8.16. The van der Waals surface area contributed by atoms with Crippen molar-refractivity contribution in [2.75, 3.05) is 12.0 Å². The van der Waals surface area contributed by atoms with Crippen LogP contribution in [0.15, 0.2) is 70.2 Å². The number of para-hydroxylation sites is 1. The van der Waals surface area contributed by atoms with Gasteiger partial charge >= 0.3 is 0 Å². The summed E-state index contributed by atoms with van der Waals surface area (Å²) in [7, 11) is 1.44. The van der Waals surface area contributed by atoms with Gasteiger partial charge in [-0.25, -0.2) is 13.7 Å². The van der Waals surface area contributed by atoms with Gasteiger partial charge in [0.2, 0.25) is 0 Å². The lowest BCUT2D eigenvalue weighted by Crippen LogP contribution is -2.32. The van der Waals surface area contributed by atoms with Gasteiger partial charge in [-0.3, -0.25) is 9.59 Å². The smallest absolute Gasteiger partial charge is 0.272 e. The number of hydrogen-bond acceptors (Lipinski definition) is 5. The van der Waals surface area contributed by atoms with E-state index in [0.29, 0.717) is 22.0 Å². The Hall–Kier alpha value is -3.39. The molecule has 1 aliphatic rings. The first-order valence-corrected chi connectivity index (χ1v) is 9.86. The minimum atomic E-state index is -0.880. The van der Waals surface area contributed by atoms with E-state index < -0.39 is 29.1 Å². The fraction of sp³-hybridized carbons (Fsp3) is 0.0909. The quantitative estimate of drug-likeness (QED) is 0.530. The number of rotatable bonds is 6. The molecule has 5 nitrogen and oxygen atoms in total. The average molecular weight is 427 g/mol. The molecule has 0 spiro atoms. The second-order valence-corrected chi connectivity index (χ2v) is 7.30. The van der Waals surface area contributed by atoms with E-state index in [1.54, 1.807) is 36.4 Å². The van der Waals surface area contributed by atoms with Gasteiger partial charge in [-0.05, 0) is 30.3 Å². The second-order valence-electron chi connectivity index (χ2n) is 6.31. The molecule has 3 aromatic rings. The van der Waals surface area contributed by atoms with Crippen LogP contribution in [0.25, 0.3) is 5.57 Å². The van der Waals surface area contributed by atoms with E-state index >= 15 is 0 Å². The number of amides is 2. The SMILES string of the molecule is COc1ccccc1C1=C(SCc2ccco2)C(=O)N(c2cc(F)ccc2F)C1=O. The van der Waals surface area contributed by atoms with Gasteiger partial charge in [0.1, 0.15) is 23.1 Å². The predicted molar refractivity (Wildman–Crippen MR) is 109 cm³/mol. The van der Waals surface area contributed by atoms with E-state index in [9.17, 15) is 18.4 Å². The van der Waals surface area contributed by atoms with Crippen LogP contribution in [0.2, 0.25) is 0 Å². The summed E-state index contributed by atoms with van der Waals surface area (Å²) in [5.41, 5.74) is 0.0169. The highest BCUT2D eigenvalue weighted by Gasteiger charge is 2.42. The summed E-state index contributed by atoms with van der Waals surface area (Å²) >= 11 is 1.09. The molecule has 0 atom stereocenters. The van der Waals surface area contributed by atoms with Gasteiger partial charge in [0.15, 0.2) is 0 Å². The Morgan fingerprint density at radius 1 is 1.03 bits per heavy atom. The summed E-state index contributed by atoms with van der Waals surface area (Å²) in [5, 5.41) is 0. The summed E-state index contributed by atoms with van der Waals surface area (Å²) < 4.78 is 38.8. The summed E-state index contributed by atoms with van der Waals surface area (Å²) in [6.07, 6.45) is 1.50. The molecule has 8 heteroatoms. The van der Waals surface area contributed by atoms with Gasteiger partial charge in [0.05, 0.1) is 35.3 Å². The van der Waals surface area contributed by atoms with Crippen molar-refractivity contribution in [1.29, 1.82) is 0 Å². The van der Waals surface area contributed by atoms with E-state index in [4.69, 9.17) is 9.15 Å². The Labute approximate surface area is 174 Å². The number of hydrogen-bond donors (Lipinski definition) is 0. The van der Waals surface area contributed by atoms with Crippen molar-refractivity contribution < 1.29 is 27.5 Å². The first-order chi connectivity index (χ1) is 14.5. The molecule has 4 rings (SSSR count). The molecule has 2 heterocycles. The molecule has 0 saturated carbocycles. The summed E-state index contributed by atoms with van der Waals surface area (Å²) in [4.78, 5) is 27.2. The number of thioether (sulfide) groups is 1. The number of carbonyl (C=O) groups excluding carboxylic acids is 2. The third kappa shape index (κ3) is 3.50. The van der Waals surface area contributed by atoms with Crippen LogP contribution in [-0.2, 0) is 15.3 Å². The molecule has 0 unspecified atom stereocenters. The molecule has 152 valence electrons. The fourth-order valence-electron chi connectivity index (χ4n) is 3.15. The zero-order valence-corrected chi connectivity index (χ0v) is 16.5. The molecule has 2 aromatic carbocycles. The summed E-state index contributed by atoms with van der Waals surface area (Å²) in [6, 6.07) is 12.8. The van der Waals surface area contributed by atoms with E-state index in [-0.39, 0.29) is 16.2 Å². The lowest BCUT2D eigenvalue weighted by atomic mass is 10.0. The van der Waals surface area contributed by atoms with Crippen LogP contribution in [0.4, 0.5) is 14.5 Å². The van der Waals surface area contributed by atoms with Crippen molar-refractivity contribution in [2.45, 2.75) is 5.75 Å². The van der Waals surface area contributed by atoms with Crippen LogP contribution in [-0.4, -0.2) is 18.9 Å². The van der Waals surface area contributed by atoms with E-state index in [1.165, 1.54) is 13.4 Å². The molecule has 0 fully saturated rings. The minimum absolute atomic E-state index is 0.0673. The van der Waals surface area contributed by atoms with Crippen molar-refractivity contribution in [2.24, 2.45) is 0 Å². The number of benzene rings is 2. The van der Waals surface area contributed by atoms with Crippen LogP contribution in [0, 0.1) is 11.6 Å². The maximum Gasteiger partial charge on any atom is 0.272 e. The van der Waals surface area contributed by atoms with Gasteiger partial charge in [-0.1, -0.05) is 18.2 Å². The Morgan fingerprint density at radius 2 is 1.83 bits per heavy atom. The third-order valence-electron chi connectivity index (χ3n) is 4.51. The van der Waals surface area contributed by atoms with E-state index in [0.717, 1.165) is 30.0 Å². The van der Waals surface area contributed by atoms with Crippen LogP contribution in [0.3, 0.4) is 0 Å². The van der Waals surface area contributed by atoms with E-state index in [1.807, 2.05) is 0 Å². The number of furan rings is 1. The van der Waals surface area contributed by atoms with Crippen LogP contribution < -0.4 is 9.64 Å². The van der Waals surface area contributed by atoms with Gasteiger partial charge < -0.3 is 9.15 Å². The highest BCUT2D eigenvalue weighted by molar-refractivity contribution is 8.03. The molecule has 0 bridgehead atoms. The number of nitrogens with zero attached hydrogens (tertiary/aromatic N) is 1. The maximum atomic E-state index is 14.4. The van der Waals surface area contributed by atoms with Crippen molar-refractivity contribution in [3.63, 3.8) is 0 Å². The molecule has 1 aromatic heterocycles. The largest absolute Gasteiger partial charge is 0.496 e. The molecule has 0 radical (unpaired) electrons. The molecule has 0 N–H and O–H groups in total. The number of ether oxygens (including phenoxy) is 1. The highest BCUT2D eigenvalue weighted by atomic mass is 32.2. The molecule has 2 amide bonds. The van der Waals surface area contributed by atoms with Crippen molar-refractivity contribution in [1.82, 2.24) is 0 Å². The summed E-state index contributed by atoms with van der Waals surface area (Å²) in [5.74, 6) is -1.87. The van der Waals surface area contributed by atoms with Gasteiger partial charge in [-0.2, -0.15) is 0 Å². The van der Waals surface area contributed by atoms with Crippen molar-refractivity contribution >= 4 is 34.8 Å². The fourth-order valence-corrected chi connectivity index (χ4v) is 4.15. The third-order valence-corrected chi connectivity index (χ3v) is 5.60. The maximum absolute atomic E-state index is 14.4. The zero-order chi connectivity index (χ0) is 21.3. The Bertz CT molecular complexity index is 1160. The van der Waals surface area contributed by atoms with Gasteiger partial charge in [0.25, 0.3) is 11.8 Å². The highest BCUT2D eigenvalue weighted by Crippen LogP contribution is 2.42. The first-order valence-electron chi connectivity index (χ1n) is 8.88. The topological polar surface area (TPSA) is 59.8 Å². The molecule has 0 saturated heterocycles. The number of halogens is 2. The standard InChI is InChI=1S/C22H15F2NO4S/c1-28-18-7-3-2-6-15(18)19-20(30-12-14-5-4-10-29-14)22(27)25(21(19)26)17-11-13(23)8-9-16(17)24/h2-11H,12H2,1H3. The molecule has 30 heavy (non-hydrogen) atoms. The normalized spacial score (nSPS) is 14.0. The molecule has 1 aliphatic heterocycles. The molecule has 0 aliphatic carbocycles. The molecular formula is C22H15F2NO4S. The monoisotopic (exact) mass is 427 g/mol. The van der Waals surface area contributed by atoms with Crippen LogP contribution >= 0.6 is 11.8 Å². The lowest BCUT2D eigenvalue weighted by Gasteiger charge is -2.16.